The molecule has 0 spiro atoms. The highest BCUT2D eigenvalue weighted by Gasteiger charge is 2.18. The summed E-state index contributed by atoms with van der Waals surface area (Å²) in [6.07, 6.45) is 0.886. The maximum Gasteiger partial charge on any atom is 0.252 e. The van der Waals surface area contributed by atoms with E-state index in [0.29, 0.717) is 5.65 Å². The smallest absolute Gasteiger partial charge is 0.252 e. The number of rotatable bonds is 5. The van der Waals surface area contributed by atoms with Crippen molar-refractivity contribution in [2.45, 2.75) is 33.7 Å². The summed E-state index contributed by atoms with van der Waals surface area (Å²) in [7, 11) is 0. The van der Waals surface area contributed by atoms with Crippen molar-refractivity contribution in [1.82, 2.24) is 14.3 Å². The number of carbonyl (C=O) groups excluding carboxylic acids is 1. The second-order valence-electron chi connectivity index (χ2n) is 7.39. The Hall–Kier alpha value is -3.67. The van der Waals surface area contributed by atoms with E-state index in [2.05, 4.69) is 17.3 Å². The molecule has 0 saturated heterocycles. The predicted molar refractivity (Wildman–Crippen MR) is 119 cm³/mol. The third kappa shape index (κ3) is 3.64. The van der Waals surface area contributed by atoms with Crippen molar-refractivity contribution < 1.29 is 4.79 Å². The van der Waals surface area contributed by atoms with Crippen LogP contribution in [0.5, 0.6) is 0 Å². The van der Waals surface area contributed by atoms with E-state index in [1.54, 1.807) is 10.7 Å². The number of para-hydroxylation sites is 1. The maximum absolute atomic E-state index is 12.9. The van der Waals surface area contributed by atoms with Crippen LogP contribution in [0.15, 0.2) is 65.5 Å². The molecule has 0 saturated carbocycles. The Morgan fingerprint density at radius 1 is 1.03 bits per heavy atom. The standard InChI is InChI=1S/C24H24N4O2/c1-4-18-9-8-10-19(14-18)25-21(29)15-27-22(30)13-16(2)23-17(3)26-28(24(23)27)20-11-6-5-7-12-20/h5-14H,4,15H2,1-3H3,(H,25,29). The molecule has 30 heavy (non-hydrogen) atoms. The van der Waals surface area contributed by atoms with E-state index in [0.717, 1.165) is 40.0 Å². The number of hydrogen-bond acceptors (Lipinski definition) is 3. The number of aryl methyl sites for hydroxylation is 3. The molecule has 0 bridgehead atoms. The van der Waals surface area contributed by atoms with Crippen molar-refractivity contribution in [3.63, 3.8) is 0 Å². The summed E-state index contributed by atoms with van der Waals surface area (Å²) in [5, 5.41) is 8.46. The van der Waals surface area contributed by atoms with E-state index >= 15 is 0 Å². The fraction of sp³-hybridized carbons (Fsp3) is 0.208. The minimum atomic E-state index is -0.256. The summed E-state index contributed by atoms with van der Waals surface area (Å²) in [6, 6.07) is 18.9. The Morgan fingerprint density at radius 3 is 2.53 bits per heavy atom. The largest absolute Gasteiger partial charge is 0.325 e. The highest BCUT2D eigenvalue weighted by molar-refractivity contribution is 5.92. The molecule has 0 aliphatic rings. The van der Waals surface area contributed by atoms with E-state index in [1.165, 1.54) is 4.57 Å². The first-order valence-corrected chi connectivity index (χ1v) is 10.0. The molecule has 6 heteroatoms. The molecule has 1 amide bonds. The second-order valence-corrected chi connectivity index (χ2v) is 7.39. The molecule has 0 aliphatic carbocycles. The minimum Gasteiger partial charge on any atom is -0.325 e. The highest BCUT2D eigenvalue weighted by Crippen LogP contribution is 2.23. The number of carbonyl (C=O) groups is 1. The number of benzene rings is 2. The van der Waals surface area contributed by atoms with E-state index in [1.807, 2.05) is 68.4 Å². The van der Waals surface area contributed by atoms with Crippen molar-refractivity contribution in [2.24, 2.45) is 0 Å². The maximum atomic E-state index is 12.9. The van der Waals surface area contributed by atoms with E-state index < -0.39 is 0 Å². The number of nitrogens with one attached hydrogen (secondary N) is 1. The fourth-order valence-electron chi connectivity index (χ4n) is 3.78. The second kappa shape index (κ2) is 7.99. The summed E-state index contributed by atoms with van der Waals surface area (Å²) in [5.74, 6) is -0.256. The van der Waals surface area contributed by atoms with Crippen LogP contribution in [0.2, 0.25) is 0 Å². The van der Waals surface area contributed by atoms with Gasteiger partial charge in [0.15, 0.2) is 0 Å². The lowest BCUT2D eigenvalue weighted by atomic mass is 10.1. The Labute approximate surface area is 174 Å². The first kappa shape index (κ1) is 19.6. The molecule has 0 radical (unpaired) electrons. The number of aromatic nitrogens is 3. The molecule has 0 unspecified atom stereocenters. The van der Waals surface area contributed by atoms with Crippen LogP contribution >= 0.6 is 0 Å². The molecule has 2 heterocycles. The lowest BCUT2D eigenvalue weighted by Gasteiger charge is -2.13. The van der Waals surface area contributed by atoms with E-state index in [4.69, 9.17) is 0 Å². The summed E-state index contributed by atoms with van der Waals surface area (Å²) in [6.45, 7) is 5.79. The molecular formula is C24H24N4O2. The summed E-state index contributed by atoms with van der Waals surface area (Å²) in [4.78, 5) is 25.7. The van der Waals surface area contributed by atoms with Crippen molar-refractivity contribution in [3.8, 4) is 5.69 Å². The molecule has 4 rings (SSSR count). The van der Waals surface area contributed by atoms with Gasteiger partial charge in [0.1, 0.15) is 12.2 Å². The Bertz CT molecular complexity index is 1290. The zero-order chi connectivity index (χ0) is 21.3. The van der Waals surface area contributed by atoms with Gasteiger partial charge >= 0.3 is 0 Å². The van der Waals surface area contributed by atoms with Gasteiger partial charge in [0.2, 0.25) is 5.91 Å². The fourth-order valence-corrected chi connectivity index (χ4v) is 3.78. The Morgan fingerprint density at radius 2 is 1.80 bits per heavy atom. The molecule has 6 nitrogen and oxygen atoms in total. The van der Waals surface area contributed by atoms with Gasteiger partial charge in [-0.15, -0.1) is 0 Å². The molecule has 4 aromatic rings. The molecule has 0 atom stereocenters. The molecule has 0 aliphatic heterocycles. The van der Waals surface area contributed by atoms with Crippen LogP contribution in [0.3, 0.4) is 0 Å². The van der Waals surface area contributed by atoms with Gasteiger partial charge in [-0.05, 0) is 55.7 Å². The van der Waals surface area contributed by atoms with Gasteiger partial charge in [0.25, 0.3) is 5.56 Å². The number of fused-ring (bicyclic) bond motifs is 1. The first-order valence-electron chi connectivity index (χ1n) is 10.0. The van der Waals surface area contributed by atoms with Crippen LogP contribution < -0.4 is 10.9 Å². The Balaban J connectivity index is 1.78. The molecule has 0 fully saturated rings. The number of pyridine rings is 1. The molecule has 2 aromatic heterocycles. The molecule has 1 N–H and O–H groups in total. The lowest BCUT2D eigenvalue weighted by Crippen LogP contribution is -2.29. The van der Waals surface area contributed by atoms with Crippen molar-refractivity contribution >= 4 is 22.6 Å². The predicted octanol–water partition coefficient (Wildman–Crippen LogP) is 4.01. The van der Waals surface area contributed by atoms with Crippen molar-refractivity contribution in [2.75, 3.05) is 5.32 Å². The third-order valence-electron chi connectivity index (χ3n) is 5.21. The number of hydrogen-bond donors (Lipinski definition) is 1. The molecular weight excluding hydrogens is 376 g/mol. The third-order valence-corrected chi connectivity index (χ3v) is 5.21. The topological polar surface area (TPSA) is 68.9 Å². The average molecular weight is 400 g/mol. The zero-order valence-electron chi connectivity index (χ0n) is 17.3. The van der Waals surface area contributed by atoms with Crippen LogP contribution in [-0.4, -0.2) is 20.3 Å². The quantitative estimate of drug-likeness (QED) is 0.550. The molecule has 2 aromatic carbocycles. The number of anilines is 1. The summed E-state index contributed by atoms with van der Waals surface area (Å²) >= 11 is 0. The highest BCUT2D eigenvalue weighted by atomic mass is 16.2. The van der Waals surface area contributed by atoms with Gasteiger partial charge < -0.3 is 5.32 Å². The van der Waals surface area contributed by atoms with Crippen LogP contribution in [0.4, 0.5) is 5.69 Å². The van der Waals surface area contributed by atoms with Crippen LogP contribution in [0.1, 0.15) is 23.7 Å². The van der Waals surface area contributed by atoms with Gasteiger partial charge in [-0.3, -0.25) is 14.2 Å². The van der Waals surface area contributed by atoms with Gasteiger partial charge in [-0.1, -0.05) is 37.3 Å². The first-order chi connectivity index (χ1) is 14.5. The van der Waals surface area contributed by atoms with E-state index in [9.17, 15) is 9.59 Å². The summed E-state index contributed by atoms with van der Waals surface area (Å²) < 4.78 is 3.23. The minimum absolute atomic E-state index is 0.0933. The number of nitrogens with zero attached hydrogens (tertiary/aromatic N) is 3. The van der Waals surface area contributed by atoms with Crippen LogP contribution in [-0.2, 0) is 17.8 Å². The zero-order valence-corrected chi connectivity index (χ0v) is 17.3. The summed E-state index contributed by atoms with van der Waals surface area (Å²) in [5.41, 5.74) is 4.77. The van der Waals surface area contributed by atoms with Crippen molar-refractivity contribution in [3.05, 3.63) is 87.8 Å². The number of amides is 1. The Kier molecular flexibility index (Phi) is 5.23. The van der Waals surface area contributed by atoms with Gasteiger partial charge in [-0.25, -0.2) is 4.68 Å². The molecule has 152 valence electrons. The normalized spacial score (nSPS) is 11.0. The van der Waals surface area contributed by atoms with Crippen molar-refractivity contribution in [1.29, 1.82) is 0 Å². The van der Waals surface area contributed by atoms with Gasteiger partial charge in [0.05, 0.1) is 11.4 Å². The average Bonchev–Trinajstić information content (AvgIpc) is 3.09. The SMILES string of the molecule is CCc1cccc(NC(=O)Cn2c(=O)cc(C)c3c(C)nn(-c4ccccc4)c32)c1. The van der Waals surface area contributed by atoms with Gasteiger partial charge in [-0.2, -0.15) is 5.10 Å². The van der Waals surface area contributed by atoms with Gasteiger partial charge in [0, 0.05) is 17.1 Å². The lowest BCUT2D eigenvalue weighted by molar-refractivity contribution is -0.116. The monoisotopic (exact) mass is 400 g/mol. The van der Waals surface area contributed by atoms with Crippen LogP contribution in [0, 0.1) is 13.8 Å². The van der Waals surface area contributed by atoms with E-state index in [-0.39, 0.29) is 18.0 Å². The van der Waals surface area contributed by atoms with Crippen LogP contribution in [0.25, 0.3) is 16.7 Å².